The van der Waals surface area contributed by atoms with Gasteiger partial charge in [-0.1, -0.05) is 25.9 Å². The number of likely N-dealkylation sites (tertiary alicyclic amines) is 1. The van der Waals surface area contributed by atoms with Crippen LogP contribution >= 0.6 is 0 Å². The van der Waals surface area contributed by atoms with E-state index < -0.39 is 11.6 Å². The van der Waals surface area contributed by atoms with Crippen LogP contribution in [0.4, 0.5) is 4.79 Å². The molecule has 132 valence electrons. The molecule has 3 heterocycles. The van der Waals surface area contributed by atoms with Gasteiger partial charge in [-0.05, 0) is 26.3 Å². The van der Waals surface area contributed by atoms with E-state index in [9.17, 15) is 9.59 Å². The first-order valence-corrected chi connectivity index (χ1v) is 8.37. The number of aromatic nitrogens is 2. The topological polar surface area (TPSA) is 100 Å². The Morgan fingerprint density at radius 2 is 2.12 bits per heavy atom. The van der Waals surface area contributed by atoms with Crippen LogP contribution < -0.4 is 10.6 Å². The van der Waals surface area contributed by atoms with Gasteiger partial charge in [-0.3, -0.25) is 15.0 Å². The van der Waals surface area contributed by atoms with Crippen LogP contribution in [-0.2, 0) is 16.8 Å². The van der Waals surface area contributed by atoms with Crippen LogP contribution in [0, 0.1) is 5.92 Å². The Morgan fingerprint density at radius 1 is 1.38 bits per heavy atom. The summed E-state index contributed by atoms with van der Waals surface area (Å²) in [6, 6.07) is -0.410. The number of piperidine rings is 1. The molecule has 8 nitrogen and oxygen atoms in total. The van der Waals surface area contributed by atoms with Crippen molar-refractivity contribution in [2.24, 2.45) is 5.92 Å². The molecule has 0 saturated carbocycles. The van der Waals surface area contributed by atoms with Crippen LogP contribution in [0.5, 0.6) is 0 Å². The molecule has 0 radical (unpaired) electrons. The lowest BCUT2D eigenvalue weighted by Crippen LogP contribution is -2.55. The predicted molar refractivity (Wildman–Crippen MR) is 86.1 cm³/mol. The molecule has 2 aliphatic rings. The van der Waals surface area contributed by atoms with E-state index in [1.54, 1.807) is 6.92 Å². The molecule has 0 aromatic carbocycles. The van der Waals surface area contributed by atoms with Crippen molar-refractivity contribution < 1.29 is 14.1 Å². The third-order valence-corrected chi connectivity index (χ3v) is 4.87. The molecular weight excluding hydrogens is 310 g/mol. The molecule has 2 atom stereocenters. The van der Waals surface area contributed by atoms with Crippen LogP contribution in [0.1, 0.15) is 52.3 Å². The van der Waals surface area contributed by atoms with Crippen molar-refractivity contribution in [3.8, 4) is 0 Å². The van der Waals surface area contributed by atoms with Crippen molar-refractivity contribution in [3.63, 3.8) is 0 Å². The van der Waals surface area contributed by atoms with Crippen molar-refractivity contribution in [1.29, 1.82) is 0 Å². The van der Waals surface area contributed by atoms with E-state index in [-0.39, 0.29) is 17.2 Å². The summed E-state index contributed by atoms with van der Waals surface area (Å²) < 4.78 is 5.34. The highest BCUT2D eigenvalue weighted by molar-refractivity contribution is 6.06. The first kappa shape index (κ1) is 16.9. The van der Waals surface area contributed by atoms with E-state index in [0.717, 1.165) is 19.4 Å². The van der Waals surface area contributed by atoms with Gasteiger partial charge in [-0.2, -0.15) is 4.98 Å². The second-order valence-electron chi connectivity index (χ2n) is 7.95. The highest BCUT2D eigenvalue weighted by Crippen LogP contribution is 2.30. The number of amides is 3. The van der Waals surface area contributed by atoms with E-state index in [4.69, 9.17) is 4.52 Å². The SMILES string of the molecule is CC(C)(C)c1nc(CN2CCC[C@@H]([C@]3(C)NC(=O)NC3=O)C2)no1. The maximum atomic E-state index is 12.1. The van der Waals surface area contributed by atoms with E-state index in [0.29, 0.717) is 24.8 Å². The Bertz CT molecular complexity index is 650. The normalized spacial score (nSPS) is 28.8. The van der Waals surface area contributed by atoms with Gasteiger partial charge in [0.25, 0.3) is 5.91 Å². The summed E-state index contributed by atoms with van der Waals surface area (Å²) in [4.78, 5) is 30.3. The molecule has 2 aliphatic heterocycles. The number of carbonyl (C=O) groups is 2. The highest BCUT2D eigenvalue weighted by atomic mass is 16.5. The minimum absolute atomic E-state index is 0.0617. The average molecular weight is 335 g/mol. The third kappa shape index (κ3) is 3.15. The number of urea groups is 1. The average Bonchev–Trinajstić information content (AvgIpc) is 3.05. The quantitative estimate of drug-likeness (QED) is 0.805. The molecule has 0 bridgehead atoms. The molecule has 1 aromatic rings. The zero-order chi connectivity index (χ0) is 17.5. The number of imide groups is 1. The lowest BCUT2D eigenvalue weighted by atomic mass is 9.80. The van der Waals surface area contributed by atoms with Gasteiger partial charge >= 0.3 is 6.03 Å². The summed E-state index contributed by atoms with van der Waals surface area (Å²) in [6.45, 7) is 10.1. The number of hydrogen-bond acceptors (Lipinski definition) is 6. The molecule has 3 amide bonds. The second kappa shape index (κ2) is 5.84. The predicted octanol–water partition coefficient (Wildman–Crippen LogP) is 1.18. The van der Waals surface area contributed by atoms with Gasteiger partial charge in [0.15, 0.2) is 5.82 Å². The minimum Gasteiger partial charge on any atom is -0.339 e. The zero-order valence-electron chi connectivity index (χ0n) is 14.7. The first-order chi connectivity index (χ1) is 11.2. The molecule has 8 heteroatoms. The van der Waals surface area contributed by atoms with Gasteiger partial charge in [-0.15, -0.1) is 0 Å². The highest BCUT2D eigenvalue weighted by Gasteiger charge is 2.48. The Morgan fingerprint density at radius 3 is 2.71 bits per heavy atom. The lowest BCUT2D eigenvalue weighted by Gasteiger charge is -2.39. The van der Waals surface area contributed by atoms with Gasteiger partial charge < -0.3 is 9.84 Å². The monoisotopic (exact) mass is 335 g/mol. The van der Waals surface area contributed by atoms with Crippen LogP contribution in [0.15, 0.2) is 4.52 Å². The third-order valence-electron chi connectivity index (χ3n) is 4.87. The largest absolute Gasteiger partial charge is 0.339 e. The number of hydrogen-bond donors (Lipinski definition) is 2. The van der Waals surface area contributed by atoms with Crippen LogP contribution in [0.25, 0.3) is 0 Å². The standard InChI is InChI=1S/C16H25N5O3/c1-15(2,3)13-17-11(20-24-13)9-21-7-5-6-10(8-21)16(4)12(22)18-14(23)19-16/h10H,5-9H2,1-4H3,(H2,18,19,22,23)/t10-,16+/m1/s1. The van der Waals surface area contributed by atoms with Crippen molar-refractivity contribution in [2.45, 2.75) is 58.0 Å². The fourth-order valence-corrected chi connectivity index (χ4v) is 3.34. The molecule has 2 N–H and O–H groups in total. The van der Waals surface area contributed by atoms with Gasteiger partial charge in [0.05, 0.1) is 6.54 Å². The minimum atomic E-state index is -0.844. The van der Waals surface area contributed by atoms with E-state index >= 15 is 0 Å². The van der Waals surface area contributed by atoms with Crippen molar-refractivity contribution in [1.82, 2.24) is 25.7 Å². The summed E-state index contributed by atoms with van der Waals surface area (Å²) in [6.07, 6.45) is 1.87. The van der Waals surface area contributed by atoms with Crippen molar-refractivity contribution >= 4 is 11.9 Å². The summed E-state index contributed by atoms with van der Waals surface area (Å²) in [5, 5.41) is 9.19. The smallest absolute Gasteiger partial charge is 0.322 e. The van der Waals surface area contributed by atoms with Gasteiger partial charge in [-0.25, -0.2) is 4.79 Å². The summed E-state index contributed by atoms with van der Waals surface area (Å²) >= 11 is 0. The molecular formula is C16H25N5O3. The van der Waals surface area contributed by atoms with E-state index in [1.807, 2.05) is 20.8 Å². The fourth-order valence-electron chi connectivity index (χ4n) is 3.34. The van der Waals surface area contributed by atoms with Crippen LogP contribution in [-0.4, -0.2) is 45.6 Å². The van der Waals surface area contributed by atoms with Crippen LogP contribution in [0.3, 0.4) is 0 Å². The molecule has 2 fully saturated rings. The first-order valence-electron chi connectivity index (χ1n) is 8.37. The Hall–Kier alpha value is -1.96. The molecule has 0 aliphatic carbocycles. The molecule has 3 rings (SSSR count). The summed E-state index contributed by atoms with van der Waals surface area (Å²) in [7, 11) is 0. The fraction of sp³-hybridized carbons (Fsp3) is 0.750. The van der Waals surface area contributed by atoms with E-state index in [2.05, 4.69) is 25.7 Å². The Balaban J connectivity index is 1.67. The molecule has 0 unspecified atom stereocenters. The number of rotatable bonds is 3. The van der Waals surface area contributed by atoms with Crippen molar-refractivity contribution in [2.75, 3.05) is 13.1 Å². The van der Waals surface area contributed by atoms with Crippen molar-refractivity contribution in [3.05, 3.63) is 11.7 Å². The number of nitrogens with one attached hydrogen (secondary N) is 2. The molecule has 1 aromatic heterocycles. The maximum absolute atomic E-state index is 12.1. The van der Waals surface area contributed by atoms with Gasteiger partial charge in [0.1, 0.15) is 5.54 Å². The Labute approximate surface area is 141 Å². The second-order valence-corrected chi connectivity index (χ2v) is 7.95. The molecule has 2 saturated heterocycles. The zero-order valence-corrected chi connectivity index (χ0v) is 14.7. The van der Waals surface area contributed by atoms with Gasteiger partial charge in [0, 0.05) is 17.9 Å². The maximum Gasteiger partial charge on any atom is 0.322 e. The summed E-state index contributed by atoms with van der Waals surface area (Å²) in [5.41, 5.74) is -1.01. The molecule has 24 heavy (non-hydrogen) atoms. The number of carbonyl (C=O) groups excluding carboxylic acids is 2. The van der Waals surface area contributed by atoms with Crippen LogP contribution in [0.2, 0.25) is 0 Å². The lowest BCUT2D eigenvalue weighted by molar-refractivity contribution is -0.126. The molecule has 0 spiro atoms. The van der Waals surface area contributed by atoms with E-state index in [1.165, 1.54) is 0 Å². The Kier molecular flexibility index (Phi) is 4.11. The summed E-state index contributed by atoms with van der Waals surface area (Å²) in [5.74, 6) is 1.10. The number of nitrogens with zero attached hydrogens (tertiary/aromatic N) is 3. The van der Waals surface area contributed by atoms with Gasteiger partial charge in [0.2, 0.25) is 5.89 Å².